The zero-order chi connectivity index (χ0) is 19.6. The van der Waals surface area contributed by atoms with Crippen molar-refractivity contribution >= 4 is 28.2 Å². The SMILES string of the molecule is [2H]c1cc([2H])c2nc(C)n(C3([2H])CC([2H])([2H])C(=O)CC3=O)c(=O)c2c1N. The summed E-state index contributed by atoms with van der Waals surface area (Å²) in [4.78, 5) is 41.2. The van der Waals surface area contributed by atoms with E-state index in [1.807, 2.05) is 0 Å². The number of nitrogens with zero attached hydrogens (tertiary/aromatic N) is 2. The molecule has 21 heavy (non-hydrogen) atoms. The lowest BCUT2D eigenvalue weighted by atomic mass is 9.92. The largest absolute Gasteiger partial charge is 0.398 e. The number of aryl methyl sites for hydroxylation is 1. The number of nitrogen functional groups attached to an aromatic ring is 1. The first-order chi connectivity index (χ1) is 11.9. The van der Waals surface area contributed by atoms with E-state index in [0.717, 1.165) is 6.07 Å². The van der Waals surface area contributed by atoms with Crippen molar-refractivity contribution in [2.45, 2.75) is 32.2 Å². The van der Waals surface area contributed by atoms with Crippen molar-refractivity contribution < 1.29 is 16.4 Å². The van der Waals surface area contributed by atoms with Gasteiger partial charge in [-0.3, -0.25) is 19.0 Å². The molecule has 0 bridgehead atoms. The number of fused-ring (bicyclic) bond motifs is 1. The molecule has 0 spiro atoms. The highest BCUT2D eigenvalue weighted by molar-refractivity contribution is 6.03. The van der Waals surface area contributed by atoms with Crippen molar-refractivity contribution in [2.75, 3.05) is 5.73 Å². The summed E-state index contributed by atoms with van der Waals surface area (Å²) in [5, 5.41) is -0.273. The fraction of sp³-hybridized carbons (Fsp3) is 0.333. The Balaban J connectivity index is 2.39. The van der Waals surface area contributed by atoms with Crippen LogP contribution in [-0.2, 0) is 9.59 Å². The molecule has 0 saturated heterocycles. The molecule has 1 heterocycles. The van der Waals surface area contributed by atoms with Gasteiger partial charge in [-0.1, -0.05) is 6.07 Å². The molecule has 2 N–H and O–H groups in total. The number of rotatable bonds is 1. The Labute approximate surface area is 127 Å². The highest BCUT2D eigenvalue weighted by atomic mass is 16.2. The number of hydrogen-bond donors (Lipinski definition) is 1. The van der Waals surface area contributed by atoms with Gasteiger partial charge in [0.25, 0.3) is 5.56 Å². The predicted octanol–water partition coefficient (Wildman–Crippen LogP) is 1.15. The van der Waals surface area contributed by atoms with Crippen LogP contribution < -0.4 is 11.3 Å². The second-order valence-electron chi connectivity index (χ2n) is 4.69. The number of Topliss-reactive ketones (excluding diaryl/α,β-unsaturated/α-hetero) is 2. The van der Waals surface area contributed by atoms with Crippen LogP contribution in [0.25, 0.3) is 10.9 Å². The molecule has 0 amide bonds. The summed E-state index contributed by atoms with van der Waals surface area (Å²) in [5.41, 5.74) is 4.57. The quantitative estimate of drug-likeness (QED) is 0.628. The van der Waals surface area contributed by atoms with Gasteiger partial charge in [0.15, 0.2) is 5.78 Å². The van der Waals surface area contributed by atoms with Gasteiger partial charge in [-0.05, 0) is 25.4 Å². The molecule has 1 aliphatic carbocycles. The first-order valence-electron chi connectivity index (χ1n) is 8.76. The Bertz CT molecular complexity index is 1050. The molecule has 1 saturated carbocycles. The van der Waals surface area contributed by atoms with E-state index >= 15 is 0 Å². The van der Waals surface area contributed by atoms with Gasteiger partial charge < -0.3 is 5.73 Å². The van der Waals surface area contributed by atoms with Crippen molar-refractivity contribution in [3.8, 4) is 0 Å². The number of carbonyl (C=O) groups excluding carboxylic acids is 2. The Morgan fingerprint density at radius 1 is 1.48 bits per heavy atom. The third kappa shape index (κ3) is 2.12. The van der Waals surface area contributed by atoms with Crippen LogP contribution in [0.2, 0.25) is 0 Å². The summed E-state index contributed by atoms with van der Waals surface area (Å²) in [7, 11) is 0. The molecule has 1 unspecified atom stereocenters. The Kier molecular flexibility index (Phi) is 1.99. The minimum Gasteiger partial charge on any atom is -0.398 e. The molecular weight excluding hydrogens is 270 g/mol. The fourth-order valence-corrected chi connectivity index (χ4v) is 2.34. The standard InChI is InChI=1S/C15H15N3O3/c1-8-17-11-4-2-3-10(16)14(11)15(21)18(8)12-6-5-9(19)7-13(12)20/h2-4,12H,5-7,16H2,1H3/i3D,4D,5D2,12D. The van der Waals surface area contributed by atoms with Gasteiger partial charge >= 0.3 is 0 Å². The van der Waals surface area contributed by atoms with Crippen LogP contribution in [0, 0.1) is 6.92 Å². The van der Waals surface area contributed by atoms with Gasteiger partial charge in [0.1, 0.15) is 11.6 Å². The predicted molar refractivity (Wildman–Crippen MR) is 78.1 cm³/mol. The fourth-order valence-electron chi connectivity index (χ4n) is 2.34. The van der Waals surface area contributed by atoms with Crippen molar-refractivity contribution in [2.24, 2.45) is 0 Å². The molecule has 1 fully saturated rings. The number of aromatic nitrogens is 2. The first kappa shape index (κ1) is 8.71. The number of ketones is 2. The average Bonchev–Trinajstić information content (AvgIpc) is 2.50. The Hall–Kier alpha value is -2.50. The van der Waals surface area contributed by atoms with E-state index in [0.29, 0.717) is 4.57 Å². The highest BCUT2D eigenvalue weighted by Gasteiger charge is 2.30. The summed E-state index contributed by atoms with van der Waals surface area (Å²) in [5.74, 6) is -1.94. The molecule has 108 valence electrons. The van der Waals surface area contributed by atoms with E-state index in [4.69, 9.17) is 12.6 Å². The lowest BCUT2D eigenvalue weighted by Gasteiger charge is -2.24. The van der Waals surface area contributed by atoms with E-state index in [1.54, 1.807) is 0 Å². The van der Waals surface area contributed by atoms with Gasteiger partial charge in [0, 0.05) is 14.8 Å². The van der Waals surface area contributed by atoms with Gasteiger partial charge in [-0.15, -0.1) is 0 Å². The van der Waals surface area contributed by atoms with Crippen molar-refractivity contribution in [3.63, 3.8) is 0 Å². The topological polar surface area (TPSA) is 95.0 Å². The van der Waals surface area contributed by atoms with Crippen LogP contribution in [0.15, 0.2) is 22.9 Å². The average molecular weight is 290 g/mol. The van der Waals surface area contributed by atoms with Crippen LogP contribution in [-0.4, -0.2) is 21.1 Å². The summed E-state index contributed by atoms with van der Waals surface area (Å²) in [6.45, 7) is 1.35. The molecule has 6 nitrogen and oxygen atoms in total. The molecule has 0 aliphatic heterocycles. The number of nitrogens with two attached hydrogens (primary N) is 1. The van der Waals surface area contributed by atoms with Gasteiger partial charge in [0.05, 0.1) is 27.5 Å². The maximum Gasteiger partial charge on any atom is 0.264 e. The zero-order valence-corrected chi connectivity index (χ0v) is 11.2. The number of benzene rings is 1. The van der Waals surface area contributed by atoms with Crippen LogP contribution in [0.3, 0.4) is 0 Å². The van der Waals surface area contributed by atoms with Crippen molar-refractivity contribution in [3.05, 3.63) is 34.3 Å². The Morgan fingerprint density at radius 3 is 3.00 bits per heavy atom. The molecule has 3 rings (SSSR count). The first-order valence-corrected chi connectivity index (χ1v) is 6.26. The lowest BCUT2D eigenvalue weighted by molar-refractivity contribution is -0.132. The minimum absolute atomic E-state index is 0.0665. The molecule has 2 aromatic rings. The van der Waals surface area contributed by atoms with Crippen LogP contribution in [0.5, 0.6) is 0 Å². The van der Waals surface area contributed by atoms with Crippen molar-refractivity contribution in [1.29, 1.82) is 0 Å². The number of anilines is 1. The van der Waals surface area contributed by atoms with E-state index in [2.05, 4.69) is 4.98 Å². The monoisotopic (exact) mass is 290 g/mol. The maximum absolute atomic E-state index is 13.0. The minimum atomic E-state index is -2.44. The third-order valence-corrected chi connectivity index (χ3v) is 3.32. The smallest absolute Gasteiger partial charge is 0.264 e. The van der Waals surface area contributed by atoms with Gasteiger partial charge in [-0.25, -0.2) is 4.98 Å². The van der Waals surface area contributed by atoms with Gasteiger partial charge in [0.2, 0.25) is 0 Å². The second kappa shape index (κ2) is 4.80. The molecule has 1 aliphatic rings. The van der Waals surface area contributed by atoms with Crippen molar-refractivity contribution in [1.82, 2.24) is 9.55 Å². The van der Waals surface area contributed by atoms with Gasteiger partial charge in [-0.2, -0.15) is 0 Å². The maximum atomic E-state index is 13.0. The summed E-state index contributed by atoms with van der Waals surface area (Å²) in [6, 6.07) is -1.71. The molecule has 1 atom stereocenters. The molecule has 6 heteroatoms. The van der Waals surface area contributed by atoms with Crippen LogP contribution in [0.1, 0.15) is 37.9 Å². The highest BCUT2D eigenvalue weighted by Crippen LogP contribution is 2.24. The number of carbonyl (C=O) groups is 2. The van der Waals surface area contributed by atoms with Crippen LogP contribution >= 0.6 is 0 Å². The van der Waals surface area contributed by atoms with E-state index < -0.39 is 42.4 Å². The lowest BCUT2D eigenvalue weighted by Crippen LogP contribution is -2.36. The van der Waals surface area contributed by atoms with E-state index in [1.165, 1.54) is 6.92 Å². The van der Waals surface area contributed by atoms with E-state index in [-0.39, 0.29) is 34.5 Å². The zero-order valence-electron chi connectivity index (χ0n) is 16.2. The number of hydrogen-bond acceptors (Lipinski definition) is 5. The molecular formula is C15H15N3O3. The molecule has 1 aromatic heterocycles. The Morgan fingerprint density at radius 2 is 2.24 bits per heavy atom. The summed E-state index contributed by atoms with van der Waals surface area (Å²) in [6.07, 6.45) is -4.09. The van der Waals surface area contributed by atoms with E-state index in [9.17, 15) is 14.4 Å². The normalized spacial score (nSPS) is 28.5. The third-order valence-electron chi connectivity index (χ3n) is 3.32. The molecule has 0 radical (unpaired) electrons. The second-order valence-corrected chi connectivity index (χ2v) is 4.69. The van der Waals surface area contributed by atoms with Crippen LogP contribution in [0.4, 0.5) is 5.69 Å². The molecule has 1 aromatic carbocycles. The summed E-state index contributed by atoms with van der Waals surface area (Å²) < 4.78 is 40.4. The summed E-state index contributed by atoms with van der Waals surface area (Å²) >= 11 is 0.